The molecule has 0 amide bonds. The van der Waals surface area contributed by atoms with Crippen molar-refractivity contribution in [1.29, 1.82) is 0 Å². The van der Waals surface area contributed by atoms with Crippen LogP contribution in [0.4, 0.5) is 0 Å². The van der Waals surface area contributed by atoms with Gasteiger partial charge in [0.1, 0.15) is 17.6 Å². The minimum Gasteiger partial charge on any atom is -0.504 e. The van der Waals surface area contributed by atoms with E-state index in [4.69, 9.17) is 23.4 Å². The normalized spacial score (nSPS) is 39.6. The van der Waals surface area contributed by atoms with Gasteiger partial charge in [0.25, 0.3) is 0 Å². The van der Waals surface area contributed by atoms with Crippen molar-refractivity contribution in [3.05, 3.63) is 35.5 Å². The van der Waals surface area contributed by atoms with Gasteiger partial charge in [-0.05, 0) is 43.7 Å². The molecule has 1 aromatic heterocycles. The largest absolute Gasteiger partial charge is 0.504 e. The summed E-state index contributed by atoms with van der Waals surface area (Å²) in [6.45, 7) is 4.40. The van der Waals surface area contributed by atoms with Gasteiger partial charge in [-0.25, -0.2) is 0 Å². The van der Waals surface area contributed by atoms with Crippen molar-refractivity contribution in [3.63, 3.8) is 0 Å². The monoisotopic (exact) mass is 460 g/mol. The Balaban J connectivity index is 1.70. The number of esters is 2. The van der Waals surface area contributed by atoms with E-state index in [0.29, 0.717) is 31.4 Å². The van der Waals surface area contributed by atoms with Gasteiger partial charge < -0.3 is 28.5 Å². The van der Waals surface area contributed by atoms with Crippen LogP contribution in [-0.4, -0.2) is 47.9 Å². The van der Waals surface area contributed by atoms with Crippen molar-refractivity contribution >= 4 is 17.7 Å². The number of hydrogen-bond acceptors (Lipinski definition) is 9. The molecular weight excluding hydrogens is 432 g/mol. The number of carbonyl (C=O) groups is 3. The Labute approximate surface area is 191 Å². The first-order chi connectivity index (χ1) is 15.7. The minimum absolute atomic E-state index is 0.214. The van der Waals surface area contributed by atoms with Crippen LogP contribution in [0.25, 0.3) is 0 Å². The number of epoxide rings is 1. The molecule has 4 aliphatic rings. The number of furan rings is 1. The fourth-order valence-corrected chi connectivity index (χ4v) is 6.60. The highest BCUT2D eigenvalue weighted by atomic mass is 16.7. The number of Topliss-reactive ketones (excluding diaryl/α,β-unsaturated/α-hetero) is 1. The lowest BCUT2D eigenvalue weighted by Gasteiger charge is -2.57. The van der Waals surface area contributed by atoms with Gasteiger partial charge in [0.15, 0.2) is 5.76 Å². The second-order valence-corrected chi connectivity index (χ2v) is 9.65. The average molecular weight is 460 g/mol. The molecule has 5 rings (SSSR count). The zero-order valence-corrected chi connectivity index (χ0v) is 18.9. The number of carbonyl (C=O) groups excluding carboxylic acids is 3. The standard InChI is InChI=1S/C24H28O9/c1-13-19(27)20(28)24(12-30-14(2)25)18(5-4-7-22(24)11-31-22)23(13)9-17(16-6-8-29-10-16)33-21(23)32-15(3)26/h6,8,10,17-18,21,27H,4-5,7,9,11-12H2,1-3H3. The van der Waals surface area contributed by atoms with Crippen LogP contribution in [0.3, 0.4) is 0 Å². The zero-order valence-electron chi connectivity index (χ0n) is 18.9. The average Bonchev–Trinajstić information content (AvgIpc) is 3.19. The maximum absolute atomic E-state index is 13.8. The SMILES string of the molecule is CC(=O)OCC12C(=O)C(O)=C(C)C3(CC(c4ccoc4)OC3OC(C)=O)C1CCCC21CO1. The lowest BCUT2D eigenvalue weighted by molar-refractivity contribution is -0.211. The molecule has 33 heavy (non-hydrogen) atoms. The van der Waals surface area contributed by atoms with Crippen LogP contribution in [0.15, 0.2) is 34.3 Å². The molecule has 1 aromatic rings. The molecule has 2 aliphatic carbocycles. The summed E-state index contributed by atoms with van der Waals surface area (Å²) in [7, 11) is 0. The molecule has 9 nitrogen and oxygen atoms in total. The predicted octanol–water partition coefficient (Wildman–Crippen LogP) is 3.15. The maximum Gasteiger partial charge on any atom is 0.304 e. The highest BCUT2D eigenvalue weighted by Gasteiger charge is 2.78. The lowest BCUT2D eigenvalue weighted by atomic mass is 9.45. The second kappa shape index (κ2) is 7.43. The summed E-state index contributed by atoms with van der Waals surface area (Å²) in [5.41, 5.74) is -1.95. The molecule has 0 aromatic carbocycles. The first-order valence-corrected chi connectivity index (χ1v) is 11.3. The fraction of sp³-hybridized carbons (Fsp3) is 0.625. The van der Waals surface area contributed by atoms with E-state index in [-0.39, 0.29) is 6.61 Å². The van der Waals surface area contributed by atoms with Crippen molar-refractivity contribution in [1.82, 2.24) is 0 Å². The molecule has 6 atom stereocenters. The molecule has 2 saturated heterocycles. The third kappa shape index (κ3) is 2.94. The molecule has 9 heteroatoms. The zero-order chi connectivity index (χ0) is 23.6. The molecule has 178 valence electrons. The number of aliphatic hydroxyl groups is 1. The molecule has 3 fully saturated rings. The van der Waals surface area contributed by atoms with E-state index < -0.39 is 58.2 Å². The second-order valence-electron chi connectivity index (χ2n) is 9.65. The van der Waals surface area contributed by atoms with Gasteiger partial charge in [-0.15, -0.1) is 0 Å². The minimum atomic E-state index is -1.30. The highest BCUT2D eigenvalue weighted by Crippen LogP contribution is 2.70. The Hall–Kier alpha value is -2.65. The number of rotatable bonds is 4. The first-order valence-electron chi connectivity index (χ1n) is 11.3. The van der Waals surface area contributed by atoms with E-state index in [1.54, 1.807) is 19.3 Å². The van der Waals surface area contributed by atoms with Crippen LogP contribution in [0.1, 0.15) is 58.1 Å². The summed E-state index contributed by atoms with van der Waals surface area (Å²) < 4.78 is 28.6. The molecule has 2 spiro atoms. The molecule has 1 N–H and O–H groups in total. The summed E-state index contributed by atoms with van der Waals surface area (Å²) in [6.07, 6.45) is 3.93. The van der Waals surface area contributed by atoms with E-state index in [1.807, 2.05) is 0 Å². The predicted molar refractivity (Wildman–Crippen MR) is 111 cm³/mol. The van der Waals surface area contributed by atoms with Crippen molar-refractivity contribution < 1.29 is 42.9 Å². The van der Waals surface area contributed by atoms with E-state index in [9.17, 15) is 19.5 Å². The van der Waals surface area contributed by atoms with Crippen molar-refractivity contribution in [2.45, 2.75) is 64.4 Å². The maximum atomic E-state index is 13.8. The van der Waals surface area contributed by atoms with E-state index in [2.05, 4.69) is 0 Å². The van der Waals surface area contributed by atoms with E-state index in [1.165, 1.54) is 20.1 Å². The molecule has 0 radical (unpaired) electrons. The molecule has 0 bridgehead atoms. The molecule has 6 unspecified atom stereocenters. The van der Waals surface area contributed by atoms with E-state index in [0.717, 1.165) is 12.0 Å². The van der Waals surface area contributed by atoms with Gasteiger partial charge in [0, 0.05) is 19.4 Å². The van der Waals surface area contributed by atoms with Crippen LogP contribution >= 0.6 is 0 Å². The molecule has 3 heterocycles. The summed E-state index contributed by atoms with van der Waals surface area (Å²) in [5.74, 6) is -2.38. The van der Waals surface area contributed by atoms with Crippen LogP contribution in [0.5, 0.6) is 0 Å². The summed E-state index contributed by atoms with van der Waals surface area (Å²) >= 11 is 0. The van der Waals surface area contributed by atoms with Gasteiger partial charge in [0.05, 0.1) is 30.7 Å². The van der Waals surface area contributed by atoms with Gasteiger partial charge in [-0.2, -0.15) is 0 Å². The quantitative estimate of drug-likeness (QED) is 0.533. The van der Waals surface area contributed by atoms with Gasteiger partial charge in [-0.1, -0.05) is 6.42 Å². The topological polar surface area (TPSA) is 125 Å². The van der Waals surface area contributed by atoms with Crippen LogP contribution < -0.4 is 0 Å². The third-order valence-corrected chi connectivity index (χ3v) is 8.19. The Bertz CT molecular complexity index is 1020. The Morgan fingerprint density at radius 2 is 2.03 bits per heavy atom. The van der Waals surface area contributed by atoms with Crippen LogP contribution in [-0.2, 0) is 33.3 Å². The fourth-order valence-electron chi connectivity index (χ4n) is 6.60. The Kier molecular flexibility index (Phi) is 4.99. The van der Waals surface area contributed by atoms with Crippen molar-refractivity contribution in [2.24, 2.45) is 16.7 Å². The molecule has 1 saturated carbocycles. The smallest absolute Gasteiger partial charge is 0.304 e. The van der Waals surface area contributed by atoms with Crippen molar-refractivity contribution in [3.8, 4) is 0 Å². The third-order valence-electron chi connectivity index (χ3n) is 8.19. The number of allylic oxidation sites excluding steroid dienone is 1. The molecule has 2 aliphatic heterocycles. The van der Waals surface area contributed by atoms with Crippen LogP contribution in [0, 0.1) is 16.7 Å². The Morgan fingerprint density at radius 1 is 1.27 bits per heavy atom. The van der Waals surface area contributed by atoms with Gasteiger partial charge in [-0.3, -0.25) is 14.4 Å². The van der Waals surface area contributed by atoms with E-state index >= 15 is 0 Å². The number of ether oxygens (including phenoxy) is 4. The first kappa shape index (κ1) is 22.2. The van der Waals surface area contributed by atoms with Gasteiger partial charge in [0.2, 0.25) is 12.1 Å². The number of aliphatic hydroxyl groups excluding tert-OH is 1. The Morgan fingerprint density at radius 3 is 2.64 bits per heavy atom. The molecular formula is C24H28O9. The summed E-state index contributed by atoms with van der Waals surface area (Å²) in [6, 6.07) is 1.78. The number of fused-ring (bicyclic) bond motifs is 3. The summed E-state index contributed by atoms with van der Waals surface area (Å²) in [5, 5.41) is 11.2. The van der Waals surface area contributed by atoms with Crippen molar-refractivity contribution in [2.75, 3.05) is 13.2 Å². The number of ketones is 1. The van der Waals surface area contributed by atoms with Gasteiger partial charge >= 0.3 is 11.9 Å². The highest BCUT2D eigenvalue weighted by molar-refractivity contribution is 6.02. The number of hydrogen-bond donors (Lipinski definition) is 1. The summed E-state index contributed by atoms with van der Waals surface area (Å²) in [4.78, 5) is 37.7. The lowest BCUT2D eigenvalue weighted by Crippen LogP contribution is -2.65. The van der Waals surface area contributed by atoms with Crippen LogP contribution in [0.2, 0.25) is 0 Å².